The Hall–Kier alpha value is -1.95. The van der Waals surface area contributed by atoms with E-state index < -0.39 is 16.4 Å². The predicted octanol–water partition coefficient (Wildman–Crippen LogP) is 2.18. The van der Waals surface area contributed by atoms with Gasteiger partial charge in [0, 0.05) is 23.7 Å². The first-order chi connectivity index (χ1) is 9.34. The number of amides is 1. The highest BCUT2D eigenvalue weighted by atomic mass is 16.6. The van der Waals surface area contributed by atoms with Gasteiger partial charge in [0.2, 0.25) is 0 Å². The van der Waals surface area contributed by atoms with Crippen LogP contribution in [0.15, 0.2) is 18.2 Å². The number of rotatable bonds is 6. The van der Waals surface area contributed by atoms with Crippen molar-refractivity contribution >= 4 is 11.6 Å². The Kier molecular flexibility index (Phi) is 5.21. The van der Waals surface area contributed by atoms with Gasteiger partial charge < -0.3 is 10.4 Å². The van der Waals surface area contributed by atoms with E-state index in [-0.39, 0.29) is 17.8 Å². The maximum Gasteiger partial charge on any atom is 0.273 e. The van der Waals surface area contributed by atoms with Crippen molar-refractivity contribution in [3.05, 3.63) is 39.4 Å². The number of hydrogen-bond acceptors (Lipinski definition) is 4. The molecule has 1 aromatic rings. The van der Waals surface area contributed by atoms with E-state index in [1.165, 1.54) is 18.2 Å². The number of carbonyl (C=O) groups excluding carboxylic acids is 1. The molecule has 1 amide bonds. The van der Waals surface area contributed by atoms with Gasteiger partial charge in [-0.15, -0.1) is 0 Å². The second-order valence-corrected chi connectivity index (χ2v) is 4.82. The van der Waals surface area contributed by atoms with E-state index >= 15 is 0 Å². The maximum atomic E-state index is 12.1. The minimum Gasteiger partial charge on any atom is -0.388 e. The molecule has 20 heavy (non-hydrogen) atoms. The summed E-state index contributed by atoms with van der Waals surface area (Å²) in [7, 11) is 0. The topological polar surface area (TPSA) is 92.5 Å². The van der Waals surface area contributed by atoms with E-state index in [4.69, 9.17) is 0 Å². The smallest absolute Gasteiger partial charge is 0.273 e. The van der Waals surface area contributed by atoms with Gasteiger partial charge in [0.05, 0.1) is 10.5 Å². The average Bonchev–Trinajstić information content (AvgIpc) is 2.44. The summed E-state index contributed by atoms with van der Waals surface area (Å²) < 4.78 is 0. The fourth-order valence-electron chi connectivity index (χ4n) is 1.91. The van der Waals surface area contributed by atoms with Gasteiger partial charge in [-0.2, -0.15) is 0 Å². The predicted molar refractivity (Wildman–Crippen MR) is 75.7 cm³/mol. The van der Waals surface area contributed by atoms with E-state index in [1.807, 2.05) is 13.8 Å². The standard InChI is InChI=1S/C14H20N2O4/c1-4-14(18,5-2)9-15-13(17)11-7-6-8-12(10(11)3)16(19)20/h6-8,18H,4-5,9H2,1-3H3,(H,15,17). The first-order valence-electron chi connectivity index (χ1n) is 6.59. The minimum absolute atomic E-state index is 0.0844. The van der Waals surface area contributed by atoms with E-state index in [0.29, 0.717) is 18.4 Å². The van der Waals surface area contributed by atoms with Gasteiger partial charge in [-0.1, -0.05) is 19.9 Å². The van der Waals surface area contributed by atoms with Gasteiger partial charge in [0.25, 0.3) is 11.6 Å². The van der Waals surface area contributed by atoms with Crippen LogP contribution in [-0.2, 0) is 0 Å². The Labute approximate surface area is 118 Å². The Morgan fingerprint density at radius 3 is 2.50 bits per heavy atom. The van der Waals surface area contributed by atoms with E-state index in [9.17, 15) is 20.0 Å². The molecule has 0 atom stereocenters. The fraction of sp³-hybridized carbons (Fsp3) is 0.500. The van der Waals surface area contributed by atoms with Crippen LogP contribution in [0.25, 0.3) is 0 Å². The molecule has 0 heterocycles. The van der Waals surface area contributed by atoms with Crippen molar-refractivity contribution in [2.75, 3.05) is 6.54 Å². The molecule has 110 valence electrons. The minimum atomic E-state index is -0.940. The summed E-state index contributed by atoms with van der Waals surface area (Å²) in [5, 5.41) is 23.6. The van der Waals surface area contributed by atoms with Crippen LogP contribution in [-0.4, -0.2) is 28.1 Å². The summed E-state index contributed by atoms with van der Waals surface area (Å²) in [4.78, 5) is 22.4. The third kappa shape index (κ3) is 3.54. The van der Waals surface area contributed by atoms with Gasteiger partial charge in [0.1, 0.15) is 0 Å². The summed E-state index contributed by atoms with van der Waals surface area (Å²) >= 11 is 0. The summed E-state index contributed by atoms with van der Waals surface area (Å²) in [6.45, 7) is 5.35. The number of aliphatic hydroxyl groups is 1. The van der Waals surface area contributed by atoms with Gasteiger partial charge in [-0.25, -0.2) is 0 Å². The number of nitrogens with one attached hydrogen (secondary N) is 1. The third-order valence-corrected chi connectivity index (χ3v) is 3.64. The van der Waals surface area contributed by atoms with Crippen molar-refractivity contribution in [1.82, 2.24) is 5.32 Å². The summed E-state index contributed by atoms with van der Waals surface area (Å²) in [6, 6.07) is 4.38. The van der Waals surface area contributed by atoms with Crippen LogP contribution in [0.2, 0.25) is 0 Å². The number of nitrogens with zero attached hydrogens (tertiary/aromatic N) is 1. The number of hydrogen-bond donors (Lipinski definition) is 2. The number of nitro groups is 1. The van der Waals surface area contributed by atoms with E-state index in [0.717, 1.165) is 0 Å². The van der Waals surface area contributed by atoms with Crippen LogP contribution < -0.4 is 5.32 Å². The molecule has 2 N–H and O–H groups in total. The zero-order valence-corrected chi connectivity index (χ0v) is 12.0. The Balaban J connectivity index is 2.89. The normalized spacial score (nSPS) is 11.2. The molecule has 0 aliphatic carbocycles. The van der Waals surface area contributed by atoms with Crippen molar-refractivity contribution in [3.8, 4) is 0 Å². The molecular weight excluding hydrogens is 260 g/mol. The second kappa shape index (κ2) is 6.47. The van der Waals surface area contributed by atoms with E-state index in [1.54, 1.807) is 6.92 Å². The number of benzene rings is 1. The van der Waals surface area contributed by atoms with Gasteiger partial charge in [-0.3, -0.25) is 14.9 Å². The summed E-state index contributed by atoms with van der Waals surface area (Å²) in [6.07, 6.45) is 1.05. The molecule has 0 unspecified atom stereocenters. The molecule has 0 bridgehead atoms. The Morgan fingerprint density at radius 1 is 1.40 bits per heavy atom. The molecule has 1 aromatic carbocycles. The molecule has 0 aliphatic heterocycles. The van der Waals surface area contributed by atoms with Crippen molar-refractivity contribution in [2.45, 2.75) is 39.2 Å². The molecule has 1 rings (SSSR count). The SMILES string of the molecule is CCC(O)(CC)CNC(=O)c1cccc([N+](=O)[O-])c1C. The number of nitro benzene ring substituents is 1. The molecule has 0 spiro atoms. The van der Waals surface area contributed by atoms with Gasteiger partial charge in [0.15, 0.2) is 0 Å². The highest BCUT2D eigenvalue weighted by Crippen LogP contribution is 2.21. The largest absolute Gasteiger partial charge is 0.388 e. The van der Waals surface area contributed by atoms with Crippen molar-refractivity contribution in [2.24, 2.45) is 0 Å². The molecule has 6 nitrogen and oxygen atoms in total. The van der Waals surface area contributed by atoms with Gasteiger partial charge >= 0.3 is 0 Å². The average molecular weight is 280 g/mol. The highest BCUT2D eigenvalue weighted by Gasteiger charge is 2.24. The summed E-state index contributed by atoms with van der Waals surface area (Å²) in [5.41, 5.74) is -0.441. The van der Waals surface area contributed by atoms with Crippen LogP contribution in [0.3, 0.4) is 0 Å². The Morgan fingerprint density at radius 2 is 2.00 bits per heavy atom. The second-order valence-electron chi connectivity index (χ2n) is 4.82. The fourth-order valence-corrected chi connectivity index (χ4v) is 1.91. The maximum absolute atomic E-state index is 12.1. The van der Waals surface area contributed by atoms with Crippen LogP contribution in [0.5, 0.6) is 0 Å². The van der Waals surface area contributed by atoms with Crippen LogP contribution >= 0.6 is 0 Å². The molecule has 0 fully saturated rings. The lowest BCUT2D eigenvalue weighted by Crippen LogP contribution is -2.42. The Bertz CT molecular complexity index is 510. The van der Waals surface area contributed by atoms with Crippen LogP contribution in [0.1, 0.15) is 42.6 Å². The monoisotopic (exact) mass is 280 g/mol. The van der Waals surface area contributed by atoms with E-state index in [2.05, 4.69) is 5.32 Å². The summed E-state index contributed by atoms with van der Waals surface area (Å²) in [5.74, 6) is -0.411. The lowest BCUT2D eigenvalue weighted by Gasteiger charge is -2.25. The molecular formula is C14H20N2O4. The molecule has 0 radical (unpaired) electrons. The zero-order valence-electron chi connectivity index (χ0n) is 12.0. The van der Waals surface area contributed by atoms with Crippen molar-refractivity contribution in [3.63, 3.8) is 0 Å². The highest BCUT2D eigenvalue weighted by molar-refractivity contribution is 5.96. The molecule has 6 heteroatoms. The van der Waals surface area contributed by atoms with Crippen molar-refractivity contribution in [1.29, 1.82) is 0 Å². The lowest BCUT2D eigenvalue weighted by molar-refractivity contribution is -0.385. The lowest BCUT2D eigenvalue weighted by atomic mass is 9.97. The number of carbonyl (C=O) groups is 1. The van der Waals surface area contributed by atoms with Crippen LogP contribution in [0.4, 0.5) is 5.69 Å². The first kappa shape index (κ1) is 16.1. The molecule has 0 saturated carbocycles. The van der Waals surface area contributed by atoms with Crippen molar-refractivity contribution < 1.29 is 14.8 Å². The molecule has 0 saturated heterocycles. The zero-order chi connectivity index (χ0) is 15.3. The van der Waals surface area contributed by atoms with Crippen LogP contribution in [0, 0.1) is 17.0 Å². The quantitative estimate of drug-likeness (QED) is 0.617. The first-order valence-corrected chi connectivity index (χ1v) is 6.59. The molecule has 0 aliphatic rings. The third-order valence-electron chi connectivity index (χ3n) is 3.64. The van der Waals surface area contributed by atoms with Gasteiger partial charge in [-0.05, 0) is 25.8 Å². The molecule has 0 aromatic heterocycles.